The smallest absolute Gasteiger partial charge is 0.159 e. The van der Waals surface area contributed by atoms with Crippen molar-refractivity contribution < 1.29 is 9.53 Å². The molecule has 39 heavy (non-hydrogen) atoms. The number of ketones is 1. The van der Waals surface area contributed by atoms with Crippen LogP contribution >= 0.6 is 0 Å². The molecular formula is C33H40N4O2. The fourth-order valence-electron chi connectivity index (χ4n) is 5.88. The molecule has 3 heterocycles. The zero-order chi connectivity index (χ0) is 27.5. The Labute approximate surface area is 232 Å². The lowest BCUT2D eigenvalue weighted by molar-refractivity contribution is 0.101. The second-order valence-electron chi connectivity index (χ2n) is 11.0. The van der Waals surface area contributed by atoms with Crippen LogP contribution < -0.4 is 10.6 Å². The maximum absolute atomic E-state index is 11.6. The Hall–Kier alpha value is -3.48. The molecule has 0 aliphatic carbocycles. The number of aryl methyl sites for hydroxylation is 1. The number of hydrogen-bond acceptors (Lipinski definition) is 6. The summed E-state index contributed by atoms with van der Waals surface area (Å²) in [5.41, 5.74) is 10.3. The molecule has 2 N–H and O–H groups in total. The molecule has 2 unspecified atom stereocenters. The van der Waals surface area contributed by atoms with Gasteiger partial charge in [-0.05, 0) is 94.4 Å². The summed E-state index contributed by atoms with van der Waals surface area (Å²) in [7, 11) is 1.72. The van der Waals surface area contributed by atoms with Crippen LogP contribution in [-0.2, 0) is 4.74 Å². The van der Waals surface area contributed by atoms with Crippen molar-refractivity contribution in [3.05, 3.63) is 82.7 Å². The van der Waals surface area contributed by atoms with Crippen LogP contribution in [0.25, 0.3) is 17.2 Å². The van der Waals surface area contributed by atoms with E-state index in [4.69, 9.17) is 4.74 Å². The number of nitrogens with one attached hydrogen (secondary N) is 2. The SMILES string of the molecule is COCC1Nc2ccc(-c3ccnc(C)c3/C=C(\C)C(C)N3CCC(c4ccc(C(C)=O)cc4)CC3)cc2N1. The van der Waals surface area contributed by atoms with Gasteiger partial charge in [0.2, 0.25) is 0 Å². The Balaban J connectivity index is 1.30. The molecule has 2 aliphatic heterocycles. The Morgan fingerprint density at radius 3 is 2.49 bits per heavy atom. The second kappa shape index (κ2) is 11.7. The topological polar surface area (TPSA) is 66.5 Å². The Bertz CT molecular complexity index is 1360. The monoisotopic (exact) mass is 524 g/mol. The molecule has 0 bridgehead atoms. The summed E-state index contributed by atoms with van der Waals surface area (Å²) >= 11 is 0. The van der Waals surface area contributed by atoms with E-state index < -0.39 is 0 Å². The number of hydrogen-bond donors (Lipinski definition) is 2. The number of carbonyl (C=O) groups is 1. The van der Waals surface area contributed by atoms with Crippen LogP contribution in [0.15, 0.2) is 60.3 Å². The third kappa shape index (κ3) is 5.92. The number of benzene rings is 2. The normalized spacial score (nSPS) is 18.8. The number of Topliss-reactive ketones (excluding diaryl/α,β-unsaturated/α-hetero) is 1. The molecule has 6 nitrogen and oxygen atoms in total. The average Bonchev–Trinajstić information content (AvgIpc) is 3.35. The zero-order valence-electron chi connectivity index (χ0n) is 23.8. The van der Waals surface area contributed by atoms with E-state index in [-0.39, 0.29) is 11.9 Å². The fraction of sp³-hybridized carbons (Fsp3) is 0.394. The van der Waals surface area contributed by atoms with Gasteiger partial charge in [-0.25, -0.2) is 0 Å². The number of methoxy groups -OCH3 is 1. The van der Waals surface area contributed by atoms with Crippen LogP contribution in [0.5, 0.6) is 0 Å². The summed E-state index contributed by atoms with van der Waals surface area (Å²) in [6, 6.07) is 17.2. The molecule has 5 rings (SSSR count). The number of piperidine rings is 1. The van der Waals surface area contributed by atoms with E-state index in [9.17, 15) is 4.79 Å². The first-order valence-electron chi connectivity index (χ1n) is 14.0. The van der Waals surface area contributed by atoms with E-state index in [0.29, 0.717) is 18.6 Å². The minimum Gasteiger partial charge on any atom is -0.381 e. The van der Waals surface area contributed by atoms with E-state index in [1.54, 1.807) is 14.0 Å². The molecule has 2 aromatic carbocycles. The Morgan fingerprint density at radius 2 is 1.79 bits per heavy atom. The van der Waals surface area contributed by atoms with Gasteiger partial charge in [0.1, 0.15) is 6.17 Å². The minimum absolute atomic E-state index is 0.0888. The molecular weight excluding hydrogens is 484 g/mol. The third-order valence-corrected chi connectivity index (χ3v) is 8.41. The van der Waals surface area contributed by atoms with Gasteiger partial charge in [0.15, 0.2) is 5.78 Å². The largest absolute Gasteiger partial charge is 0.381 e. The van der Waals surface area contributed by atoms with E-state index in [2.05, 4.69) is 83.8 Å². The van der Waals surface area contributed by atoms with Crippen molar-refractivity contribution in [1.82, 2.24) is 9.88 Å². The molecule has 1 fully saturated rings. The van der Waals surface area contributed by atoms with Crippen molar-refractivity contribution >= 4 is 23.2 Å². The number of nitrogens with zero attached hydrogens (tertiary/aromatic N) is 2. The maximum Gasteiger partial charge on any atom is 0.159 e. The predicted molar refractivity (Wildman–Crippen MR) is 160 cm³/mol. The number of aromatic nitrogens is 1. The van der Waals surface area contributed by atoms with Crippen molar-refractivity contribution in [2.75, 3.05) is 37.4 Å². The molecule has 0 saturated carbocycles. The second-order valence-corrected chi connectivity index (χ2v) is 11.0. The van der Waals surface area contributed by atoms with E-state index >= 15 is 0 Å². The lowest BCUT2D eigenvalue weighted by Crippen LogP contribution is -2.40. The summed E-state index contributed by atoms with van der Waals surface area (Å²) in [6.07, 6.45) is 6.59. The van der Waals surface area contributed by atoms with Crippen LogP contribution in [0.3, 0.4) is 0 Å². The van der Waals surface area contributed by atoms with Crippen molar-refractivity contribution in [3.63, 3.8) is 0 Å². The van der Waals surface area contributed by atoms with Crippen LogP contribution in [0.4, 0.5) is 11.4 Å². The number of rotatable bonds is 8. The van der Waals surface area contributed by atoms with Gasteiger partial charge < -0.3 is 15.4 Å². The molecule has 2 atom stereocenters. The first kappa shape index (κ1) is 27.1. The van der Waals surface area contributed by atoms with Crippen molar-refractivity contribution in [2.24, 2.45) is 0 Å². The van der Waals surface area contributed by atoms with Gasteiger partial charge in [-0.3, -0.25) is 14.7 Å². The van der Waals surface area contributed by atoms with Crippen LogP contribution in [-0.4, -0.2) is 54.7 Å². The lowest BCUT2D eigenvalue weighted by Gasteiger charge is -2.37. The highest BCUT2D eigenvalue weighted by Crippen LogP contribution is 2.36. The molecule has 1 saturated heterocycles. The molecule has 0 radical (unpaired) electrons. The maximum atomic E-state index is 11.6. The standard InChI is InChI=1S/C33H40N4O2/c1-21(23(3)37-16-13-27(14-17-37)26-8-6-25(7-9-26)24(4)38)18-30-22(2)34-15-12-29(30)28-10-11-31-32(19-28)36-33(35-31)20-39-5/h6-12,15,18-19,23,27,33,35-36H,13-14,16-17,20H2,1-5H3/b21-18+. The fourth-order valence-corrected chi connectivity index (χ4v) is 5.88. The minimum atomic E-state index is 0.0888. The number of fused-ring (bicyclic) bond motifs is 1. The van der Waals surface area contributed by atoms with Crippen molar-refractivity contribution in [2.45, 2.75) is 58.7 Å². The lowest BCUT2D eigenvalue weighted by atomic mass is 9.87. The Morgan fingerprint density at radius 1 is 1.08 bits per heavy atom. The number of likely N-dealkylation sites (tertiary alicyclic amines) is 1. The van der Waals surface area contributed by atoms with Crippen molar-refractivity contribution in [1.29, 1.82) is 0 Å². The quantitative estimate of drug-likeness (QED) is 0.318. The average molecular weight is 525 g/mol. The van der Waals surface area contributed by atoms with Crippen molar-refractivity contribution in [3.8, 4) is 11.1 Å². The van der Waals surface area contributed by atoms with Gasteiger partial charge in [0, 0.05) is 36.2 Å². The molecule has 3 aromatic rings. The van der Waals surface area contributed by atoms with Crippen LogP contribution in [0, 0.1) is 6.92 Å². The summed E-state index contributed by atoms with van der Waals surface area (Å²) in [5, 5.41) is 6.98. The highest BCUT2D eigenvalue weighted by Gasteiger charge is 2.25. The molecule has 2 aliphatic rings. The van der Waals surface area contributed by atoms with Crippen LogP contribution in [0.1, 0.15) is 66.7 Å². The highest BCUT2D eigenvalue weighted by molar-refractivity contribution is 5.94. The molecule has 6 heteroatoms. The molecule has 1 aromatic heterocycles. The van der Waals surface area contributed by atoms with Gasteiger partial charge in [-0.15, -0.1) is 0 Å². The van der Waals surface area contributed by atoms with Gasteiger partial charge in [-0.2, -0.15) is 0 Å². The predicted octanol–water partition coefficient (Wildman–Crippen LogP) is 6.74. The number of anilines is 2. The van der Waals surface area contributed by atoms with Gasteiger partial charge in [0.05, 0.1) is 18.0 Å². The molecule has 204 valence electrons. The summed E-state index contributed by atoms with van der Waals surface area (Å²) in [4.78, 5) is 18.9. The van der Waals surface area contributed by atoms with E-state index in [0.717, 1.165) is 48.6 Å². The Kier molecular flexibility index (Phi) is 8.15. The van der Waals surface area contributed by atoms with Gasteiger partial charge in [-0.1, -0.05) is 42.0 Å². The molecule has 0 spiro atoms. The number of pyridine rings is 1. The van der Waals surface area contributed by atoms with E-state index in [1.807, 2.05) is 18.3 Å². The number of ether oxygens (including phenoxy) is 1. The van der Waals surface area contributed by atoms with Crippen LogP contribution in [0.2, 0.25) is 0 Å². The highest BCUT2D eigenvalue weighted by atomic mass is 16.5. The first-order valence-corrected chi connectivity index (χ1v) is 14.0. The summed E-state index contributed by atoms with van der Waals surface area (Å²) in [6.45, 7) is 11.0. The van der Waals surface area contributed by atoms with Gasteiger partial charge in [0.25, 0.3) is 0 Å². The summed E-state index contributed by atoms with van der Waals surface area (Å²) < 4.78 is 5.31. The zero-order valence-corrected chi connectivity index (χ0v) is 23.8. The first-order chi connectivity index (χ1) is 18.8. The summed E-state index contributed by atoms with van der Waals surface area (Å²) in [5.74, 6) is 0.678. The number of carbonyl (C=O) groups excluding carboxylic acids is 1. The molecule has 0 amide bonds. The third-order valence-electron chi connectivity index (χ3n) is 8.41. The van der Waals surface area contributed by atoms with Gasteiger partial charge >= 0.3 is 0 Å². The van der Waals surface area contributed by atoms with E-state index in [1.165, 1.54) is 27.8 Å².